The van der Waals surface area contributed by atoms with Crippen molar-refractivity contribution in [1.82, 2.24) is 5.32 Å². The molecule has 0 saturated carbocycles. The van der Waals surface area contributed by atoms with Crippen molar-refractivity contribution in [1.29, 1.82) is 0 Å². The van der Waals surface area contributed by atoms with Gasteiger partial charge in [0, 0.05) is 0 Å². The number of hydrogen-bond donors (Lipinski definition) is 1. The number of carbonyl (C=O) groups excluding carboxylic acids is 3. The predicted molar refractivity (Wildman–Crippen MR) is 153 cm³/mol. The topological polar surface area (TPSA) is 94.2 Å². The number of barbiturate groups is 1. The number of methoxy groups -OCH3 is 1. The summed E-state index contributed by atoms with van der Waals surface area (Å²) in [7, 11) is 1.51. The van der Waals surface area contributed by atoms with Gasteiger partial charge in [-0.25, -0.2) is 9.69 Å². The lowest BCUT2D eigenvalue weighted by atomic mass is 10.1. The molecule has 4 aromatic rings. The van der Waals surface area contributed by atoms with Crippen LogP contribution in [-0.4, -0.2) is 31.6 Å². The highest BCUT2D eigenvalue weighted by atomic mass is 35.5. The van der Waals surface area contributed by atoms with Crippen molar-refractivity contribution in [3.8, 4) is 17.2 Å². The van der Waals surface area contributed by atoms with E-state index in [-0.39, 0.29) is 22.9 Å². The van der Waals surface area contributed by atoms with Crippen LogP contribution < -0.4 is 24.4 Å². The Balaban J connectivity index is 1.45. The minimum atomic E-state index is -0.845. The highest BCUT2D eigenvalue weighted by molar-refractivity contribution is 6.39. The molecule has 8 nitrogen and oxygen atoms in total. The van der Waals surface area contributed by atoms with E-state index in [0.29, 0.717) is 29.4 Å². The molecule has 1 fully saturated rings. The van der Waals surface area contributed by atoms with Crippen LogP contribution in [0.25, 0.3) is 16.8 Å². The zero-order chi connectivity index (χ0) is 28.2. The molecule has 40 heavy (non-hydrogen) atoms. The van der Waals surface area contributed by atoms with Gasteiger partial charge in [-0.3, -0.25) is 14.9 Å². The maximum Gasteiger partial charge on any atom is 0.335 e. The number of carbonyl (C=O) groups is 3. The summed E-state index contributed by atoms with van der Waals surface area (Å²) in [5, 5.41) is 4.62. The Labute approximate surface area is 235 Å². The molecule has 1 aliphatic heterocycles. The Hall–Kier alpha value is -4.82. The highest BCUT2D eigenvalue weighted by Gasteiger charge is 2.37. The van der Waals surface area contributed by atoms with Gasteiger partial charge in [-0.1, -0.05) is 54.1 Å². The van der Waals surface area contributed by atoms with Gasteiger partial charge in [-0.05, 0) is 71.3 Å². The zero-order valence-corrected chi connectivity index (χ0v) is 22.5. The molecule has 0 aromatic heterocycles. The fraction of sp³-hybridized carbons (Fsp3) is 0.129. The van der Waals surface area contributed by atoms with Crippen molar-refractivity contribution in [3.05, 3.63) is 101 Å². The molecule has 1 heterocycles. The van der Waals surface area contributed by atoms with E-state index in [2.05, 4.69) is 5.32 Å². The Kier molecular flexibility index (Phi) is 7.70. The third-order valence-corrected chi connectivity index (χ3v) is 6.61. The summed E-state index contributed by atoms with van der Waals surface area (Å²) < 4.78 is 17.1. The van der Waals surface area contributed by atoms with E-state index in [0.717, 1.165) is 21.2 Å². The molecule has 4 amide bonds. The van der Waals surface area contributed by atoms with Crippen molar-refractivity contribution in [2.24, 2.45) is 0 Å². The van der Waals surface area contributed by atoms with Gasteiger partial charge in [0.15, 0.2) is 11.5 Å². The normalized spacial score (nSPS) is 14.4. The summed E-state index contributed by atoms with van der Waals surface area (Å²) in [6.45, 7) is 2.41. The zero-order valence-electron chi connectivity index (χ0n) is 21.8. The molecule has 0 unspecified atom stereocenters. The lowest BCUT2D eigenvalue weighted by Gasteiger charge is -2.26. The molecular weight excluding hydrogens is 532 g/mol. The number of nitrogens with zero attached hydrogens (tertiary/aromatic N) is 1. The Morgan fingerprint density at radius 1 is 0.925 bits per heavy atom. The molecular formula is C31H25ClN2O6. The number of anilines is 1. The van der Waals surface area contributed by atoms with E-state index < -0.39 is 17.8 Å². The standard InChI is InChI=1S/C31H25ClN2O6/c1-3-39-27-17-19(16-26(32)28(27)40-18-21-9-6-8-20-7-4-5-10-24(20)21)15-25-29(35)33-31(37)34(30(25)36)22-11-13-23(38-2)14-12-22/h4-17H,3,18H2,1-2H3,(H,33,35,37)/b25-15+. The van der Waals surface area contributed by atoms with E-state index in [1.807, 2.05) is 49.4 Å². The number of benzene rings is 4. The van der Waals surface area contributed by atoms with Gasteiger partial charge in [-0.15, -0.1) is 0 Å². The fourth-order valence-corrected chi connectivity index (χ4v) is 4.71. The average Bonchev–Trinajstić information content (AvgIpc) is 2.95. The van der Waals surface area contributed by atoms with Crippen LogP contribution in [0.4, 0.5) is 10.5 Å². The van der Waals surface area contributed by atoms with Gasteiger partial charge in [-0.2, -0.15) is 0 Å². The molecule has 0 atom stereocenters. The van der Waals surface area contributed by atoms with Crippen LogP contribution in [0.3, 0.4) is 0 Å². The lowest BCUT2D eigenvalue weighted by molar-refractivity contribution is -0.122. The van der Waals surface area contributed by atoms with Crippen LogP contribution >= 0.6 is 11.6 Å². The second kappa shape index (κ2) is 11.5. The van der Waals surface area contributed by atoms with Crippen molar-refractivity contribution in [3.63, 3.8) is 0 Å². The van der Waals surface area contributed by atoms with Crippen LogP contribution in [0.15, 0.2) is 84.4 Å². The lowest BCUT2D eigenvalue weighted by Crippen LogP contribution is -2.54. The Bertz CT molecular complexity index is 1640. The van der Waals surface area contributed by atoms with E-state index >= 15 is 0 Å². The number of imide groups is 2. The minimum Gasteiger partial charge on any atom is -0.497 e. The molecule has 1 saturated heterocycles. The molecule has 202 valence electrons. The van der Waals surface area contributed by atoms with Gasteiger partial charge in [0.25, 0.3) is 11.8 Å². The number of ether oxygens (including phenoxy) is 3. The molecule has 0 bridgehead atoms. The Morgan fingerprint density at radius 2 is 1.68 bits per heavy atom. The van der Waals surface area contributed by atoms with Crippen molar-refractivity contribution in [2.75, 3.05) is 18.6 Å². The van der Waals surface area contributed by atoms with Crippen LogP contribution in [0.1, 0.15) is 18.1 Å². The molecule has 1 N–H and O–H groups in total. The van der Waals surface area contributed by atoms with Crippen LogP contribution in [0.2, 0.25) is 5.02 Å². The smallest absolute Gasteiger partial charge is 0.335 e. The summed E-state index contributed by atoms with van der Waals surface area (Å²) in [5.41, 5.74) is 1.45. The summed E-state index contributed by atoms with van der Waals surface area (Å²) in [4.78, 5) is 39.4. The monoisotopic (exact) mass is 556 g/mol. The fourth-order valence-electron chi connectivity index (χ4n) is 4.43. The van der Waals surface area contributed by atoms with E-state index in [4.69, 9.17) is 25.8 Å². The van der Waals surface area contributed by atoms with Gasteiger partial charge in [0.2, 0.25) is 0 Å². The van der Waals surface area contributed by atoms with Gasteiger partial charge >= 0.3 is 6.03 Å². The summed E-state index contributed by atoms with van der Waals surface area (Å²) >= 11 is 6.63. The third-order valence-electron chi connectivity index (χ3n) is 6.33. The summed E-state index contributed by atoms with van der Waals surface area (Å²) in [6, 6.07) is 22.7. The van der Waals surface area contributed by atoms with Gasteiger partial charge in [0.1, 0.15) is 17.9 Å². The SMILES string of the molecule is CCOc1cc(/C=C2\C(=O)NC(=O)N(c3ccc(OC)cc3)C2=O)cc(Cl)c1OCc1cccc2ccccc12. The maximum absolute atomic E-state index is 13.3. The second-order valence-electron chi connectivity index (χ2n) is 8.85. The molecule has 5 rings (SSSR count). The molecule has 9 heteroatoms. The summed E-state index contributed by atoms with van der Waals surface area (Å²) in [5.74, 6) is -0.336. The number of halogens is 1. The molecule has 0 aliphatic carbocycles. The molecule has 4 aromatic carbocycles. The number of fused-ring (bicyclic) bond motifs is 1. The van der Waals surface area contributed by atoms with Crippen LogP contribution in [0.5, 0.6) is 17.2 Å². The first-order chi connectivity index (χ1) is 19.4. The number of amides is 4. The first-order valence-corrected chi connectivity index (χ1v) is 12.9. The number of hydrogen-bond acceptors (Lipinski definition) is 6. The average molecular weight is 557 g/mol. The van der Waals surface area contributed by atoms with Gasteiger partial charge in [0.05, 0.1) is 24.4 Å². The van der Waals surface area contributed by atoms with Crippen LogP contribution in [0, 0.1) is 0 Å². The van der Waals surface area contributed by atoms with Gasteiger partial charge < -0.3 is 14.2 Å². The first kappa shape index (κ1) is 26.8. The Morgan fingerprint density at radius 3 is 2.42 bits per heavy atom. The van der Waals surface area contributed by atoms with Crippen molar-refractivity contribution >= 4 is 52.0 Å². The maximum atomic E-state index is 13.3. The van der Waals surface area contributed by atoms with Crippen molar-refractivity contribution < 1.29 is 28.6 Å². The highest BCUT2D eigenvalue weighted by Crippen LogP contribution is 2.38. The quantitative estimate of drug-likeness (QED) is 0.207. The van der Waals surface area contributed by atoms with E-state index in [1.54, 1.807) is 36.4 Å². The van der Waals surface area contributed by atoms with Crippen molar-refractivity contribution in [2.45, 2.75) is 13.5 Å². The number of urea groups is 1. The molecule has 0 spiro atoms. The number of rotatable bonds is 8. The van der Waals surface area contributed by atoms with E-state index in [1.165, 1.54) is 13.2 Å². The second-order valence-corrected chi connectivity index (χ2v) is 9.25. The summed E-state index contributed by atoms with van der Waals surface area (Å²) in [6.07, 6.45) is 1.36. The van der Waals surface area contributed by atoms with Crippen LogP contribution in [-0.2, 0) is 16.2 Å². The third kappa shape index (κ3) is 5.34. The minimum absolute atomic E-state index is 0.238. The molecule has 1 aliphatic rings. The first-order valence-electron chi connectivity index (χ1n) is 12.5. The molecule has 0 radical (unpaired) electrons. The number of nitrogens with one attached hydrogen (secondary N) is 1. The van der Waals surface area contributed by atoms with E-state index in [9.17, 15) is 14.4 Å². The largest absolute Gasteiger partial charge is 0.497 e. The predicted octanol–water partition coefficient (Wildman–Crippen LogP) is 6.15.